The van der Waals surface area contributed by atoms with Crippen LogP contribution in [0.5, 0.6) is 11.5 Å². The first-order valence-electron chi connectivity index (χ1n) is 9.04. The summed E-state index contributed by atoms with van der Waals surface area (Å²) in [7, 11) is 1.79. The first-order chi connectivity index (χ1) is 12.7. The number of thiazole rings is 1. The summed E-state index contributed by atoms with van der Waals surface area (Å²) in [6.45, 7) is 1.39. The molecule has 26 heavy (non-hydrogen) atoms. The fraction of sp³-hybridized carbons (Fsp3) is 0.474. The molecule has 1 aromatic heterocycles. The number of benzene rings is 1. The largest absolute Gasteiger partial charge is 0.454 e. The summed E-state index contributed by atoms with van der Waals surface area (Å²) in [5, 5.41) is 4.12. The topological polar surface area (TPSA) is 63.7 Å². The normalized spacial score (nSPS) is 14.8. The summed E-state index contributed by atoms with van der Waals surface area (Å²) in [6.07, 6.45) is 5.59. The van der Waals surface area contributed by atoms with Crippen molar-refractivity contribution in [3.63, 3.8) is 0 Å². The highest BCUT2D eigenvalue weighted by molar-refractivity contribution is 7.11. The first-order valence-corrected chi connectivity index (χ1v) is 9.85. The molecular weight excluding hydrogens is 350 g/mol. The van der Waals surface area contributed by atoms with E-state index in [0.29, 0.717) is 13.1 Å². The fourth-order valence-electron chi connectivity index (χ4n) is 3.31. The molecule has 1 aliphatic heterocycles. The Morgan fingerprint density at radius 1 is 1.27 bits per heavy atom. The van der Waals surface area contributed by atoms with E-state index in [4.69, 9.17) is 14.5 Å². The smallest absolute Gasteiger partial charge is 0.317 e. The van der Waals surface area contributed by atoms with Gasteiger partial charge in [-0.2, -0.15) is 0 Å². The van der Waals surface area contributed by atoms with Gasteiger partial charge in [-0.1, -0.05) is 6.07 Å². The highest BCUT2D eigenvalue weighted by atomic mass is 32.1. The Morgan fingerprint density at radius 2 is 2.12 bits per heavy atom. The number of nitrogens with zero attached hydrogens (tertiary/aromatic N) is 2. The van der Waals surface area contributed by atoms with Crippen molar-refractivity contribution in [3.05, 3.63) is 39.3 Å². The Morgan fingerprint density at radius 3 is 3.00 bits per heavy atom. The van der Waals surface area contributed by atoms with Crippen LogP contribution >= 0.6 is 11.3 Å². The van der Waals surface area contributed by atoms with E-state index in [-0.39, 0.29) is 12.8 Å². The zero-order valence-electron chi connectivity index (χ0n) is 14.9. The molecule has 1 N–H and O–H groups in total. The molecule has 2 aromatic rings. The van der Waals surface area contributed by atoms with Crippen LogP contribution in [0.4, 0.5) is 4.79 Å². The zero-order valence-corrected chi connectivity index (χ0v) is 15.7. The van der Waals surface area contributed by atoms with Gasteiger partial charge in [-0.15, -0.1) is 11.3 Å². The van der Waals surface area contributed by atoms with E-state index in [0.717, 1.165) is 41.3 Å². The molecule has 2 aliphatic rings. The number of hydrogen-bond acceptors (Lipinski definition) is 5. The Hall–Kier alpha value is -2.28. The molecule has 1 aliphatic carbocycles. The number of amides is 2. The van der Waals surface area contributed by atoms with Crippen LogP contribution in [0.1, 0.15) is 34.0 Å². The van der Waals surface area contributed by atoms with Crippen LogP contribution in [0.2, 0.25) is 0 Å². The van der Waals surface area contributed by atoms with E-state index in [1.807, 2.05) is 29.5 Å². The Bertz CT molecular complexity index is 782. The first kappa shape index (κ1) is 17.1. The number of aromatic nitrogens is 1. The Labute approximate surface area is 157 Å². The highest BCUT2D eigenvalue weighted by Gasteiger charge is 2.17. The van der Waals surface area contributed by atoms with Crippen molar-refractivity contribution in [1.82, 2.24) is 15.2 Å². The summed E-state index contributed by atoms with van der Waals surface area (Å²) in [5.41, 5.74) is 2.29. The molecule has 0 saturated carbocycles. The summed E-state index contributed by atoms with van der Waals surface area (Å²) >= 11 is 1.81. The summed E-state index contributed by atoms with van der Waals surface area (Å²) in [6, 6.07) is 5.68. The van der Waals surface area contributed by atoms with Crippen molar-refractivity contribution in [3.8, 4) is 11.5 Å². The number of carbonyl (C=O) groups excluding carboxylic acids is 1. The molecule has 0 fully saturated rings. The van der Waals surface area contributed by atoms with Crippen LogP contribution in [0.15, 0.2) is 18.2 Å². The molecule has 2 heterocycles. The number of nitrogens with one attached hydrogen (secondary N) is 1. The van der Waals surface area contributed by atoms with Crippen molar-refractivity contribution in [1.29, 1.82) is 0 Å². The van der Waals surface area contributed by atoms with Gasteiger partial charge in [-0.05, 0) is 43.4 Å². The second-order valence-electron chi connectivity index (χ2n) is 6.71. The fourth-order valence-corrected chi connectivity index (χ4v) is 4.46. The maximum Gasteiger partial charge on any atom is 0.317 e. The van der Waals surface area contributed by atoms with Crippen LogP contribution in [0.3, 0.4) is 0 Å². The minimum Gasteiger partial charge on any atom is -0.454 e. The number of hydrogen-bond donors (Lipinski definition) is 1. The number of ether oxygens (including phenoxy) is 2. The van der Waals surface area contributed by atoms with Crippen LogP contribution in [0.25, 0.3) is 0 Å². The number of fused-ring (bicyclic) bond motifs is 2. The number of aryl methyl sites for hydroxylation is 2. The van der Waals surface area contributed by atoms with Gasteiger partial charge in [-0.3, -0.25) is 0 Å². The molecule has 4 rings (SSSR count). The molecule has 0 atom stereocenters. The third-order valence-corrected chi connectivity index (χ3v) is 5.93. The third-order valence-electron chi connectivity index (χ3n) is 4.71. The van der Waals surface area contributed by atoms with Gasteiger partial charge < -0.3 is 19.7 Å². The number of rotatable bonds is 5. The zero-order chi connectivity index (χ0) is 17.9. The minimum absolute atomic E-state index is 0.0796. The molecule has 7 heteroatoms. The lowest BCUT2D eigenvalue weighted by atomic mass is 10.0. The second kappa shape index (κ2) is 7.53. The maximum absolute atomic E-state index is 12.3. The van der Waals surface area contributed by atoms with E-state index in [1.165, 1.54) is 23.4 Å². The molecule has 1 aromatic carbocycles. The van der Waals surface area contributed by atoms with Gasteiger partial charge >= 0.3 is 6.03 Å². The minimum atomic E-state index is -0.0796. The molecule has 0 spiro atoms. The van der Waals surface area contributed by atoms with Gasteiger partial charge in [0.1, 0.15) is 0 Å². The van der Waals surface area contributed by atoms with Crippen molar-refractivity contribution in [2.75, 3.05) is 20.4 Å². The monoisotopic (exact) mass is 373 g/mol. The summed E-state index contributed by atoms with van der Waals surface area (Å²) < 4.78 is 10.7. The lowest BCUT2D eigenvalue weighted by Crippen LogP contribution is -2.37. The Balaban J connectivity index is 1.26. The van der Waals surface area contributed by atoms with Crippen molar-refractivity contribution >= 4 is 17.4 Å². The number of carbonyl (C=O) groups is 1. The van der Waals surface area contributed by atoms with Crippen molar-refractivity contribution in [2.45, 2.75) is 38.6 Å². The quantitative estimate of drug-likeness (QED) is 0.875. The average Bonchev–Trinajstić information content (AvgIpc) is 3.27. The van der Waals surface area contributed by atoms with Crippen molar-refractivity contribution in [2.24, 2.45) is 0 Å². The van der Waals surface area contributed by atoms with Gasteiger partial charge in [0.15, 0.2) is 11.5 Å². The van der Waals surface area contributed by atoms with E-state index in [2.05, 4.69) is 5.32 Å². The van der Waals surface area contributed by atoms with Gasteiger partial charge in [-0.25, -0.2) is 9.78 Å². The molecule has 2 amide bonds. The number of urea groups is 1. The predicted octanol–water partition coefficient (Wildman–Crippen LogP) is 3.13. The molecule has 138 valence electrons. The standard InChI is InChI=1S/C19H23N3O3S/c1-22(11-13-6-7-15-16(10-13)25-12-24-15)19(23)20-9-8-18-21-14-4-2-3-5-17(14)26-18/h6-7,10H,2-5,8-9,11-12H2,1H3,(H,20,23). The van der Waals surface area contributed by atoms with Crippen LogP contribution in [-0.4, -0.2) is 36.3 Å². The average molecular weight is 373 g/mol. The van der Waals surface area contributed by atoms with E-state index in [9.17, 15) is 4.79 Å². The lowest BCUT2D eigenvalue weighted by Gasteiger charge is -2.18. The van der Waals surface area contributed by atoms with E-state index in [1.54, 1.807) is 11.9 Å². The van der Waals surface area contributed by atoms with Gasteiger partial charge in [0, 0.05) is 31.4 Å². The summed E-state index contributed by atoms with van der Waals surface area (Å²) in [5.74, 6) is 1.50. The van der Waals surface area contributed by atoms with E-state index < -0.39 is 0 Å². The van der Waals surface area contributed by atoms with Crippen molar-refractivity contribution < 1.29 is 14.3 Å². The molecule has 0 radical (unpaired) electrons. The SMILES string of the molecule is CN(Cc1ccc2c(c1)OCO2)C(=O)NCCc1nc2c(s1)CCCC2. The van der Waals surface area contributed by atoms with Crippen LogP contribution in [-0.2, 0) is 25.8 Å². The van der Waals surface area contributed by atoms with Gasteiger partial charge in [0.25, 0.3) is 0 Å². The lowest BCUT2D eigenvalue weighted by molar-refractivity contribution is 0.174. The molecule has 6 nitrogen and oxygen atoms in total. The molecule has 0 unspecified atom stereocenters. The van der Waals surface area contributed by atoms with Crippen LogP contribution in [0, 0.1) is 0 Å². The molecule has 0 saturated heterocycles. The van der Waals surface area contributed by atoms with Gasteiger partial charge in [0.05, 0.1) is 10.7 Å². The maximum atomic E-state index is 12.3. The van der Waals surface area contributed by atoms with Gasteiger partial charge in [0.2, 0.25) is 6.79 Å². The summed E-state index contributed by atoms with van der Waals surface area (Å²) in [4.78, 5) is 20.1. The Kier molecular flexibility index (Phi) is 4.97. The molecular formula is C19H23N3O3S. The highest BCUT2D eigenvalue weighted by Crippen LogP contribution is 2.32. The van der Waals surface area contributed by atoms with Crippen LogP contribution < -0.4 is 14.8 Å². The third kappa shape index (κ3) is 3.77. The second-order valence-corrected chi connectivity index (χ2v) is 7.88. The molecule has 0 bridgehead atoms. The van der Waals surface area contributed by atoms with E-state index >= 15 is 0 Å². The predicted molar refractivity (Wildman–Crippen MR) is 99.9 cm³/mol.